The van der Waals surface area contributed by atoms with Crippen molar-refractivity contribution >= 4 is 16.0 Å². The summed E-state index contributed by atoms with van der Waals surface area (Å²) in [6, 6.07) is 0. The Kier molecular flexibility index (Phi) is 5.26. The number of carboxylic acid groups (broad SMARTS) is 1. The van der Waals surface area contributed by atoms with Crippen LogP contribution in [0.5, 0.6) is 0 Å². The Morgan fingerprint density at radius 1 is 1.40 bits per heavy atom. The van der Waals surface area contributed by atoms with E-state index in [1.54, 1.807) is 6.92 Å². The normalized spacial score (nSPS) is 12.1. The van der Waals surface area contributed by atoms with Crippen LogP contribution in [0.4, 0.5) is 0 Å². The quantitative estimate of drug-likeness (QED) is 0.708. The fraction of sp³-hybridized carbons (Fsp3) is 0.636. The van der Waals surface area contributed by atoms with Crippen LogP contribution >= 0.6 is 0 Å². The van der Waals surface area contributed by atoms with E-state index in [1.165, 1.54) is 13.8 Å². The van der Waals surface area contributed by atoms with E-state index >= 15 is 0 Å². The number of aliphatic carboxylic acids is 1. The lowest BCUT2D eigenvalue weighted by Crippen LogP contribution is -2.34. The summed E-state index contributed by atoms with van der Waals surface area (Å²) >= 11 is 0. The Morgan fingerprint density at radius 3 is 2.45 bits per heavy atom. The lowest BCUT2D eigenvalue weighted by atomic mass is 10.4. The minimum atomic E-state index is -3.79. The number of aryl methyl sites for hydroxylation is 1. The SMILES string of the molecule is CCN(CCO)S(=O)(=O)c1c(C)nn(CC(=O)O)c1C. The van der Waals surface area contributed by atoms with Gasteiger partial charge in [0.25, 0.3) is 0 Å². The van der Waals surface area contributed by atoms with Crippen LogP contribution < -0.4 is 0 Å². The topological polar surface area (TPSA) is 113 Å². The number of likely N-dealkylation sites (N-methyl/N-ethyl adjacent to an activating group) is 1. The molecule has 0 radical (unpaired) electrons. The Balaban J connectivity index is 3.31. The van der Waals surface area contributed by atoms with Crippen LogP contribution in [0.15, 0.2) is 4.90 Å². The number of nitrogens with zero attached hydrogens (tertiary/aromatic N) is 3. The van der Waals surface area contributed by atoms with Gasteiger partial charge in [0.1, 0.15) is 11.4 Å². The van der Waals surface area contributed by atoms with E-state index in [4.69, 9.17) is 10.2 Å². The molecule has 0 aromatic carbocycles. The van der Waals surface area contributed by atoms with E-state index < -0.39 is 22.5 Å². The molecule has 0 aliphatic rings. The van der Waals surface area contributed by atoms with E-state index in [0.29, 0.717) is 0 Å². The molecule has 0 fully saturated rings. The van der Waals surface area contributed by atoms with Gasteiger partial charge in [0, 0.05) is 13.1 Å². The number of aliphatic hydroxyl groups is 1. The second-order valence-corrected chi connectivity index (χ2v) is 6.15. The van der Waals surface area contributed by atoms with Crippen molar-refractivity contribution in [2.24, 2.45) is 0 Å². The van der Waals surface area contributed by atoms with Crippen molar-refractivity contribution in [3.05, 3.63) is 11.4 Å². The Labute approximate surface area is 117 Å². The van der Waals surface area contributed by atoms with Gasteiger partial charge >= 0.3 is 5.97 Å². The maximum absolute atomic E-state index is 12.5. The van der Waals surface area contributed by atoms with Gasteiger partial charge in [-0.3, -0.25) is 9.48 Å². The predicted molar refractivity (Wildman–Crippen MR) is 70.9 cm³/mol. The van der Waals surface area contributed by atoms with Gasteiger partial charge in [-0.2, -0.15) is 9.40 Å². The first-order valence-corrected chi connectivity index (χ1v) is 7.56. The molecule has 1 heterocycles. The van der Waals surface area contributed by atoms with Crippen molar-refractivity contribution in [3.63, 3.8) is 0 Å². The maximum Gasteiger partial charge on any atom is 0.325 e. The number of hydrogen-bond donors (Lipinski definition) is 2. The highest BCUT2D eigenvalue weighted by molar-refractivity contribution is 7.89. The molecule has 0 amide bonds. The molecular weight excluding hydrogens is 286 g/mol. The summed E-state index contributed by atoms with van der Waals surface area (Å²) < 4.78 is 27.3. The molecule has 0 unspecified atom stereocenters. The molecule has 0 aliphatic heterocycles. The summed E-state index contributed by atoms with van der Waals surface area (Å²) in [5.74, 6) is -1.10. The summed E-state index contributed by atoms with van der Waals surface area (Å²) in [5, 5.41) is 21.7. The zero-order valence-corrected chi connectivity index (χ0v) is 12.5. The summed E-state index contributed by atoms with van der Waals surface area (Å²) in [4.78, 5) is 10.7. The molecule has 9 heteroatoms. The van der Waals surface area contributed by atoms with Crippen molar-refractivity contribution in [2.45, 2.75) is 32.2 Å². The Morgan fingerprint density at radius 2 is 2.00 bits per heavy atom. The maximum atomic E-state index is 12.5. The summed E-state index contributed by atoms with van der Waals surface area (Å²) in [6.45, 7) is 4.23. The molecule has 2 N–H and O–H groups in total. The smallest absolute Gasteiger partial charge is 0.325 e. The highest BCUT2D eigenvalue weighted by atomic mass is 32.2. The van der Waals surface area contributed by atoms with Crippen LogP contribution in [0, 0.1) is 13.8 Å². The molecule has 0 spiro atoms. The first-order valence-electron chi connectivity index (χ1n) is 6.12. The van der Waals surface area contributed by atoms with Crippen molar-refractivity contribution in [1.82, 2.24) is 14.1 Å². The molecule has 114 valence electrons. The zero-order valence-electron chi connectivity index (χ0n) is 11.7. The second kappa shape index (κ2) is 6.33. The molecule has 1 rings (SSSR count). The third-order valence-corrected chi connectivity index (χ3v) is 5.13. The van der Waals surface area contributed by atoms with Crippen molar-refractivity contribution in [2.75, 3.05) is 19.7 Å². The second-order valence-electron chi connectivity index (χ2n) is 4.27. The average Bonchev–Trinajstić information content (AvgIpc) is 2.60. The molecule has 0 atom stereocenters. The van der Waals surface area contributed by atoms with Gasteiger partial charge in [-0.1, -0.05) is 6.92 Å². The summed E-state index contributed by atoms with van der Waals surface area (Å²) in [5.41, 5.74) is 0.529. The summed E-state index contributed by atoms with van der Waals surface area (Å²) in [6.07, 6.45) is 0. The number of sulfonamides is 1. The molecule has 0 bridgehead atoms. The molecular formula is C11H19N3O5S. The van der Waals surface area contributed by atoms with Crippen LogP contribution in [-0.4, -0.2) is 58.4 Å². The monoisotopic (exact) mass is 305 g/mol. The van der Waals surface area contributed by atoms with E-state index in [9.17, 15) is 13.2 Å². The largest absolute Gasteiger partial charge is 0.480 e. The molecule has 0 aliphatic carbocycles. The van der Waals surface area contributed by atoms with Gasteiger partial charge in [0.2, 0.25) is 10.0 Å². The number of aliphatic hydroxyl groups excluding tert-OH is 1. The third kappa shape index (κ3) is 3.17. The zero-order chi connectivity index (χ0) is 15.5. The van der Waals surface area contributed by atoms with Crippen LogP contribution in [0.1, 0.15) is 18.3 Å². The first-order chi connectivity index (χ1) is 9.25. The standard InChI is InChI=1S/C11H19N3O5S/c1-4-13(5-6-15)20(18,19)11-8(2)12-14(9(11)3)7-10(16)17/h15H,4-7H2,1-3H3,(H,16,17). The number of carbonyl (C=O) groups is 1. The number of aromatic nitrogens is 2. The van der Waals surface area contributed by atoms with Crippen LogP contribution in [0.3, 0.4) is 0 Å². The minimum Gasteiger partial charge on any atom is -0.480 e. The number of carboxylic acids is 1. The van der Waals surface area contributed by atoms with Gasteiger partial charge in [-0.15, -0.1) is 0 Å². The molecule has 0 saturated heterocycles. The fourth-order valence-corrected chi connectivity index (χ4v) is 3.84. The van der Waals surface area contributed by atoms with Gasteiger partial charge in [-0.05, 0) is 13.8 Å². The van der Waals surface area contributed by atoms with Crippen LogP contribution in [-0.2, 0) is 21.4 Å². The molecule has 0 saturated carbocycles. The molecule has 20 heavy (non-hydrogen) atoms. The van der Waals surface area contributed by atoms with Gasteiger partial charge in [0.05, 0.1) is 18.0 Å². The first kappa shape index (κ1) is 16.6. The Hall–Kier alpha value is -1.45. The van der Waals surface area contributed by atoms with Crippen LogP contribution in [0.25, 0.3) is 0 Å². The van der Waals surface area contributed by atoms with E-state index in [2.05, 4.69) is 5.10 Å². The van der Waals surface area contributed by atoms with E-state index in [1.807, 2.05) is 0 Å². The summed E-state index contributed by atoms with van der Waals surface area (Å²) in [7, 11) is -3.79. The molecule has 1 aromatic rings. The van der Waals surface area contributed by atoms with Crippen molar-refractivity contribution in [1.29, 1.82) is 0 Å². The molecule has 8 nitrogen and oxygen atoms in total. The molecule has 1 aromatic heterocycles. The van der Waals surface area contributed by atoms with Crippen molar-refractivity contribution in [3.8, 4) is 0 Å². The number of rotatable bonds is 7. The lowest BCUT2D eigenvalue weighted by molar-refractivity contribution is -0.137. The number of hydrogen-bond acceptors (Lipinski definition) is 5. The average molecular weight is 305 g/mol. The van der Waals surface area contributed by atoms with E-state index in [-0.39, 0.29) is 36.0 Å². The van der Waals surface area contributed by atoms with Gasteiger partial charge < -0.3 is 10.2 Å². The van der Waals surface area contributed by atoms with E-state index in [0.717, 1.165) is 8.99 Å². The van der Waals surface area contributed by atoms with Gasteiger partial charge in [0.15, 0.2) is 0 Å². The van der Waals surface area contributed by atoms with Crippen molar-refractivity contribution < 1.29 is 23.4 Å². The van der Waals surface area contributed by atoms with Crippen LogP contribution in [0.2, 0.25) is 0 Å². The minimum absolute atomic E-state index is 0.00838. The highest BCUT2D eigenvalue weighted by Crippen LogP contribution is 2.23. The highest BCUT2D eigenvalue weighted by Gasteiger charge is 2.30. The Bertz CT molecular complexity index is 593. The van der Waals surface area contributed by atoms with Gasteiger partial charge in [-0.25, -0.2) is 8.42 Å². The predicted octanol–water partition coefficient (Wildman–Crippen LogP) is -0.413. The lowest BCUT2D eigenvalue weighted by Gasteiger charge is -2.19. The third-order valence-electron chi connectivity index (χ3n) is 2.90. The fourth-order valence-electron chi connectivity index (χ4n) is 2.02.